The minimum Gasteiger partial charge on any atom is -0.473 e. The molecule has 3 rings (SSSR count). The van der Waals surface area contributed by atoms with Gasteiger partial charge in [0.1, 0.15) is 5.82 Å². The van der Waals surface area contributed by atoms with Crippen molar-refractivity contribution in [1.29, 1.82) is 0 Å². The van der Waals surface area contributed by atoms with Gasteiger partial charge in [-0.3, -0.25) is 9.69 Å². The van der Waals surface area contributed by atoms with Crippen LogP contribution in [-0.2, 0) is 27.5 Å². The van der Waals surface area contributed by atoms with Crippen LogP contribution in [0.1, 0.15) is 30.9 Å². The minimum atomic E-state index is -1.82. The van der Waals surface area contributed by atoms with E-state index in [0.29, 0.717) is 6.54 Å². The third kappa shape index (κ3) is 8.11. The number of carbonyl (C=O) groups is 3. The van der Waals surface area contributed by atoms with Gasteiger partial charge in [0.15, 0.2) is 0 Å². The Hall–Kier alpha value is -3.26. The smallest absolute Gasteiger partial charge is 0.414 e. The summed E-state index contributed by atoms with van der Waals surface area (Å²) in [6.07, 6.45) is 1.79. The van der Waals surface area contributed by atoms with E-state index in [2.05, 4.69) is 17.0 Å². The van der Waals surface area contributed by atoms with Gasteiger partial charge in [0.05, 0.1) is 0 Å². The summed E-state index contributed by atoms with van der Waals surface area (Å²) >= 11 is 0. The predicted molar refractivity (Wildman–Crippen MR) is 117 cm³/mol. The fourth-order valence-corrected chi connectivity index (χ4v) is 3.59. The zero-order valence-electron chi connectivity index (χ0n) is 18.1. The molecule has 8 heteroatoms. The first-order chi connectivity index (χ1) is 15.3. The van der Waals surface area contributed by atoms with Crippen molar-refractivity contribution in [3.05, 3.63) is 71.5 Å². The van der Waals surface area contributed by atoms with Crippen molar-refractivity contribution in [2.75, 3.05) is 19.6 Å². The van der Waals surface area contributed by atoms with Crippen molar-refractivity contribution in [3.8, 4) is 0 Å². The van der Waals surface area contributed by atoms with Crippen LogP contribution in [0, 0.1) is 11.7 Å². The molecule has 1 saturated heterocycles. The maximum Gasteiger partial charge on any atom is 0.414 e. The van der Waals surface area contributed by atoms with Gasteiger partial charge in [0, 0.05) is 25.6 Å². The highest BCUT2D eigenvalue weighted by Crippen LogP contribution is 2.22. The first-order valence-electron chi connectivity index (χ1n) is 10.6. The Labute approximate surface area is 187 Å². The molecular weight excluding hydrogens is 415 g/mol. The van der Waals surface area contributed by atoms with Crippen LogP contribution in [0.15, 0.2) is 54.6 Å². The zero-order chi connectivity index (χ0) is 23.5. The second-order valence-corrected chi connectivity index (χ2v) is 7.63. The maximum absolute atomic E-state index is 13.0. The third-order valence-electron chi connectivity index (χ3n) is 5.35. The summed E-state index contributed by atoms with van der Waals surface area (Å²) < 4.78 is 13.0. The van der Waals surface area contributed by atoms with Crippen molar-refractivity contribution in [2.45, 2.75) is 32.9 Å². The molecule has 0 saturated carbocycles. The summed E-state index contributed by atoms with van der Waals surface area (Å²) in [5.74, 6) is -3.46. The molecule has 0 aliphatic carbocycles. The lowest BCUT2D eigenvalue weighted by molar-refractivity contribution is -0.159. The Morgan fingerprint density at radius 2 is 1.50 bits per heavy atom. The van der Waals surface area contributed by atoms with Gasteiger partial charge in [0.2, 0.25) is 5.91 Å². The molecule has 1 aliphatic rings. The number of hydrogen-bond donors (Lipinski definition) is 2. The van der Waals surface area contributed by atoms with Crippen molar-refractivity contribution < 1.29 is 29.0 Å². The second kappa shape index (κ2) is 12.6. The van der Waals surface area contributed by atoms with Crippen LogP contribution in [0.25, 0.3) is 0 Å². The van der Waals surface area contributed by atoms with Gasteiger partial charge >= 0.3 is 11.9 Å². The molecule has 2 N–H and O–H groups in total. The molecule has 0 radical (unpaired) electrons. The average molecular weight is 445 g/mol. The van der Waals surface area contributed by atoms with Gasteiger partial charge in [-0.2, -0.15) is 0 Å². The van der Waals surface area contributed by atoms with E-state index in [-0.39, 0.29) is 17.6 Å². The number of likely N-dealkylation sites (tertiary alicyclic amines) is 1. The molecule has 2 aromatic rings. The van der Waals surface area contributed by atoms with Crippen molar-refractivity contribution in [3.63, 3.8) is 0 Å². The summed E-state index contributed by atoms with van der Waals surface area (Å²) in [6, 6.07) is 16.9. The van der Waals surface area contributed by atoms with Crippen LogP contribution in [0.3, 0.4) is 0 Å². The second-order valence-electron chi connectivity index (χ2n) is 7.63. The molecule has 0 aromatic heterocycles. The zero-order valence-corrected chi connectivity index (χ0v) is 18.1. The molecule has 0 atom stereocenters. The molecule has 7 nitrogen and oxygen atoms in total. The Balaban J connectivity index is 0.000000534. The lowest BCUT2D eigenvalue weighted by Crippen LogP contribution is -2.42. The van der Waals surface area contributed by atoms with Crippen LogP contribution in [-0.4, -0.2) is 57.5 Å². The first kappa shape index (κ1) is 25.0. The highest BCUT2D eigenvalue weighted by Gasteiger charge is 2.28. The molecule has 172 valence electrons. The standard InChI is InChI=1S/C22H27FN2O.C2H2O4/c1-2-25(17-18-6-4-3-5-7-18)22(26)20-12-14-24(15-13-20)16-19-8-10-21(23)11-9-19;3-1(4)2(5)6/h3-11,20H,2,12-17H2,1H3;(H,3,4)(H,5,6). The highest BCUT2D eigenvalue weighted by molar-refractivity contribution is 6.27. The first-order valence-corrected chi connectivity index (χ1v) is 10.6. The van der Waals surface area contributed by atoms with Gasteiger partial charge in [-0.1, -0.05) is 42.5 Å². The van der Waals surface area contributed by atoms with E-state index >= 15 is 0 Å². The molecule has 0 spiro atoms. The van der Waals surface area contributed by atoms with Gasteiger partial charge < -0.3 is 15.1 Å². The van der Waals surface area contributed by atoms with E-state index < -0.39 is 11.9 Å². The number of carboxylic acids is 2. The number of rotatable bonds is 6. The monoisotopic (exact) mass is 444 g/mol. The number of nitrogens with zero attached hydrogens (tertiary/aromatic N) is 2. The van der Waals surface area contributed by atoms with E-state index in [4.69, 9.17) is 19.8 Å². The lowest BCUT2D eigenvalue weighted by atomic mass is 9.94. The van der Waals surface area contributed by atoms with Crippen LogP contribution >= 0.6 is 0 Å². The fraction of sp³-hybridized carbons (Fsp3) is 0.375. The number of carboxylic acid groups (broad SMARTS) is 2. The summed E-state index contributed by atoms with van der Waals surface area (Å²) in [5.41, 5.74) is 2.30. The molecule has 0 bridgehead atoms. The molecular formula is C24H29FN2O5. The summed E-state index contributed by atoms with van der Waals surface area (Å²) in [4.78, 5) is 35.4. The van der Waals surface area contributed by atoms with Crippen molar-refractivity contribution >= 4 is 17.8 Å². The van der Waals surface area contributed by atoms with E-state index in [1.54, 1.807) is 0 Å². The number of piperidine rings is 1. The number of halogens is 1. The lowest BCUT2D eigenvalue weighted by Gasteiger charge is -2.34. The number of benzene rings is 2. The SMILES string of the molecule is CCN(Cc1ccccc1)C(=O)C1CCN(Cc2ccc(F)cc2)CC1.O=C(O)C(=O)O. The van der Waals surface area contributed by atoms with Crippen LogP contribution in [0.5, 0.6) is 0 Å². The number of carbonyl (C=O) groups excluding carboxylic acids is 1. The van der Waals surface area contributed by atoms with Gasteiger partial charge in [-0.15, -0.1) is 0 Å². The summed E-state index contributed by atoms with van der Waals surface area (Å²) in [7, 11) is 0. The fourth-order valence-electron chi connectivity index (χ4n) is 3.59. The average Bonchev–Trinajstić information content (AvgIpc) is 2.80. The quantitative estimate of drug-likeness (QED) is 0.664. The van der Waals surface area contributed by atoms with Crippen LogP contribution < -0.4 is 0 Å². The molecule has 2 aromatic carbocycles. The molecule has 1 aliphatic heterocycles. The normalized spacial score (nSPS) is 14.2. The van der Waals surface area contributed by atoms with E-state index in [9.17, 15) is 9.18 Å². The third-order valence-corrected chi connectivity index (χ3v) is 5.35. The molecule has 32 heavy (non-hydrogen) atoms. The number of aliphatic carboxylic acids is 2. The largest absolute Gasteiger partial charge is 0.473 e. The van der Waals surface area contributed by atoms with Gasteiger partial charge in [-0.25, -0.2) is 14.0 Å². The van der Waals surface area contributed by atoms with Crippen molar-refractivity contribution in [1.82, 2.24) is 9.80 Å². The highest BCUT2D eigenvalue weighted by atomic mass is 19.1. The van der Waals surface area contributed by atoms with E-state index in [0.717, 1.165) is 44.6 Å². The number of hydrogen-bond acceptors (Lipinski definition) is 4. The topological polar surface area (TPSA) is 98.2 Å². The minimum absolute atomic E-state index is 0.114. The van der Waals surface area contributed by atoms with Crippen LogP contribution in [0.2, 0.25) is 0 Å². The Morgan fingerprint density at radius 1 is 0.938 bits per heavy atom. The Bertz CT molecular complexity index is 869. The molecule has 1 fully saturated rings. The molecule has 1 heterocycles. The van der Waals surface area contributed by atoms with Crippen LogP contribution in [0.4, 0.5) is 4.39 Å². The summed E-state index contributed by atoms with van der Waals surface area (Å²) in [5, 5.41) is 14.8. The van der Waals surface area contributed by atoms with E-state index in [1.165, 1.54) is 17.7 Å². The number of amides is 1. The summed E-state index contributed by atoms with van der Waals surface area (Å²) in [6.45, 7) is 6.12. The van der Waals surface area contributed by atoms with E-state index in [1.807, 2.05) is 42.2 Å². The van der Waals surface area contributed by atoms with Crippen molar-refractivity contribution in [2.24, 2.45) is 5.92 Å². The molecule has 1 amide bonds. The Morgan fingerprint density at radius 3 is 2.00 bits per heavy atom. The van der Waals surface area contributed by atoms with Gasteiger partial charge in [-0.05, 0) is 56.1 Å². The van der Waals surface area contributed by atoms with Gasteiger partial charge in [0.25, 0.3) is 0 Å². The maximum atomic E-state index is 13.0. The predicted octanol–water partition coefficient (Wildman–Crippen LogP) is 3.24. The Kier molecular flexibility index (Phi) is 9.81. The molecule has 0 unspecified atom stereocenters.